The molecule has 0 saturated carbocycles. The number of carboxylic acids is 1. The second-order valence-corrected chi connectivity index (χ2v) is 7.81. The summed E-state index contributed by atoms with van der Waals surface area (Å²) in [7, 11) is 3.02. The third-order valence-corrected chi connectivity index (χ3v) is 5.56. The number of aromatic nitrogens is 4. The Morgan fingerprint density at radius 1 is 0.943 bits per heavy atom. The van der Waals surface area contributed by atoms with Gasteiger partial charge in [0.2, 0.25) is 0 Å². The maximum atomic E-state index is 13.8. The lowest BCUT2D eigenvalue weighted by atomic mass is 10.1. The van der Waals surface area contributed by atoms with Gasteiger partial charge in [0, 0.05) is 20.3 Å². The monoisotopic (exact) mass is 492 g/mol. The van der Waals surface area contributed by atoms with Gasteiger partial charge in [-0.25, -0.2) is 18.8 Å². The Bertz CT molecular complexity index is 1690. The van der Waals surface area contributed by atoms with E-state index in [1.807, 2.05) is 0 Å². The number of carboxylic acid groups (broad SMARTS) is 1. The molecule has 0 radical (unpaired) electrons. The van der Waals surface area contributed by atoms with Crippen LogP contribution in [0.5, 0.6) is 0 Å². The summed E-state index contributed by atoms with van der Waals surface area (Å²) in [5, 5.41) is 9.48. The molecule has 0 aliphatic carbocycles. The Balaban J connectivity index is 1.95. The van der Waals surface area contributed by atoms with Crippen LogP contribution in [0, 0.1) is 5.82 Å². The van der Waals surface area contributed by atoms with Gasteiger partial charge < -0.3 is 5.11 Å². The summed E-state index contributed by atoms with van der Waals surface area (Å²) in [6, 6.07) is 5.88. The van der Waals surface area contributed by atoms with Gasteiger partial charge in [0.1, 0.15) is 11.4 Å². The molecule has 2 heterocycles. The van der Waals surface area contributed by atoms with Crippen molar-refractivity contribution in [3.63, 3.8) is 0 Å². The number of imidazole rings is 1. The lowest BCUT2D eigenvalue weighted by Gasteiger charge is -2.14. The smallest absolute Gasteiger partial charge is 0.416 e. The van der Waals surface area contributed by atoms with Crippen LogP contribution < -0.4 is 16.9 Å². The number of carbonyl (C=O) groups is 1. The highest BCUT2D eigenvalue weighted by atomic mass is 19.4. The van der Waals surface area contributed by atoms with Gasteiger partial charge in [-0.1, -0.05) is 0 Å². The molecule has 2 aromatic carbocycles. The van der Waals surface area contributed by atoms with Crippen LogP contribution in [-0.4, -0.2) is 29.3 Å². The molecule has 1 N–H and O–H groups in total. The van der Waals surface area contributed by atoms with E-state index in [4.69, 9.17) is 0 Å². The van der Waals surface area contributed by atoms with Gasteiger partial charge in [-0.05, 0) is 42.0 Å². The van der Waals surface area contributed by atoms with Crippen LogP contribution >= 0.6 is 0 Å². The first-order valence-electron chi connectivity index (χ1n) is 9.92. The van der Waals surface area contributed by atoms with Gasteiger partial charge in [0.05, 0.1) is 28.8 Å². The molecule has 0 atom stereocenters. The van der Waals surface area contributed by atoms with Crippen LogP contribution in [0.25, 0.3) is 16.7 Å². The van der Waals surface area contributed by atoms with Gasteiger partial charge in [-0.3, -0.25) is 23.1 Å². The predicted octanol–water partition coefficient (Wildman–Crippen LogP) is 2.09. The summed E-state index contributed by atoms with van der Waals surface area (Å²) in [5.74, 6) is -2.92. The van der Waals surface area contributed by atoms with Crippen molar-refractivity contribution < 1.29 is 27.5 Å². The highest BCUT2D eigenvalue weighted by Crippen LogP contribution is 2.30. The second kappa shape index (κ2) is 8.11. The Morgan fingerprint density at radius 3 is 2.23 bits per heavy atom. The van der Waals surface area contributed by atoms with E-state index in [0.29, 0.717) is 27.7 Å². The second-order valence-electron chi connectivity index (χ2n) is 7.81. The average molecular weight is 492 g/mol. The minimum absolute atomic E-state index is 0.0928. The zero-order valence-corrected chi connectivity index (χ0v) is 18.1. The molecule has 0 aliphatic rings. The van der Waals surface area contributed by atoms with Crippen molar-refractivity contribution in [2.45, 2.75) is 12.7 Å². The van der Waals surface area contributed by atoms with E-state index >= 15 is 0 Å². The number of aromatic carboxylic acids is 1. The normalized spacial score (nSPS) is 11.8. The molecule has 35 heavy (non-hydrogen) atoms. The number of nitrogens with zero attached hydrogens (tertiary/aromatic N) is 4. The first kappa shape index (κ1) is 23.7. The van der Waals surface area contributed by atoms with E-state index in [2.05, 4.69) is 0 Å². The molecule has 182 valence electrons. The highest BCUT2D eigenvalue weighted by molar-refractivity contribution is 5.87. The number of hydrogen-bond acceptors (Lipinski definition) is 4. The Hall–Kier alpha value is -4.42. The highest BCUT2D eigenvalue weighted by Gasteiger charge is 2.31. The van der Waals surface area contributed by atoms with Gasteiger partial charge in [0.25, 0.3) is 5.56 Å². The fourth-order valence-electron chi connectivity index (χ4n) is 3.81. The minimum atomic E-state index is -4.88. The van der Waals surface area contributed by atoms with Gasteiger partial charge >= 0.3 is 23.5 Å². The summed E-state index contributed by atoms with van der Waals surface area (Å²) in [6.07, 6.45) is -4.09. The van der Waals surface area contributed by atoms with Crippen molar-refractivity contribution in [2.24, 2.45) is 14.1 Å². The number of aryl methyl sites for hydroxylation is 2. The molecule has 13 heteroatoms. The van der Waals surface area contributed by atoms with Crippen molar-refractivity contribution in [1.29, 1.82) is 0 Å². The van der Waals surface area contributed by atoms with E-state index in [-0.39, 0.29) is 23.0 Å². The molecule has 0 saturated heterocycles. The zero-order chi connectivity index (χ0) is 25.8. The summed E-state index contributed by atoms with van der Waals surface area (Å²) < 4.78 is 57.0. The average Bonchev–Trinajstić information content (AvgIpc) is 2.99. The Labute approximate surface area is 192 Å². The Morgan fingerprint density at radius 2 is 1.60 bits per heavy atom. The molecule has 0 aliphatic heterocycles. The van der Waals surface area contributed by atoms with Crippen LogP contribution in [0.2, 0.25) is 0 Å². The van der Waals surface area contributed by atoms with Crippen LogP contribution in [0.4, 0.5) is 17.6 Å². The fraction of sp³-hybridized carbons (Fsp3) is 0.182. The molecule has 0 amide bonds. The molecule has 0 fully saturated rings. The van der Waals surface area contributed by atoms with E-state index in [1.54, 1.807) is 0 Å². The third-order valence-electron chi connectivity index (χ3n) is 5.56. The van der Waals surface area contributed by atoms with Crippen molar-refractivity contribution >= 4 is 17.0 Å². The number of benzene rings is 2. The molecular formula is C22H16F4N4O5. The largest absolute Gasteiger partial charge is 0.477 e. The summed E-state index contributed by atoms with van der Waals surface area (Å²) in [6.45, 7) is -0.814. The van der Waals surface area contributed by atoms with Crippen LogP contribution in [-0.2, 0) is 26.8 Å². The summed E-state index contributed by atoms with van der Waals surface area (Å²) in [4.78, 5) is 49.8. The molecular weight excluding hydrogens is 476 g/mol. The first-order valence-corrected chi connectivity index (χ1v) is 9.92. The van der Waals surface area contributed by atoms with E-state index in [9.17, 15) is 41.8 Å². The molecule has 0 spiro atoms. The van der Waals surface area contributed by atoms with Gasteiger partial charge in [0.15, 0.2) is 0 Å². The maximum Gasteiger partial charge on any atom is 0.416 e. The minimum Gasteiger partial charge on any atom is -0.477 e. The van der Waals surface area contributed by atoms with Crippen molar-refractivity contribution in [3.8, 4) is 5.69 Å². The lowest BCUT2D eigenvalue weighted by Crippen LogP contribution is -2.42. The predicted molar refractivity (Wildman–Crippen MR) is 115 cm³/mol. The molecule has 0 bridgehead atoms. The number of rotatable bonds is 4. The number of alkyl halides is 3. The van der Waals surface area contributed by atoms with Gasteiger partial charge in [-0.15, -0.1) is 0 Å². The quantitative estimate of drug-likeness (QED) is 0.439. The number of halogens is 4. The first-order chi connectivity index (χ1) is 16.3. The molecule has 2 aromatic heterocycles. The van der Waals surface area contributed by atoms with Crippen molar-refractivity contribution in [3.05, 3.63) is 96.4 Å². The number of fused-ring (bicyclic) bond motifs is 1. The summed E-state index contributed by atoms with van der Waals surface area (Å²) >= 11 is 0. The zero-order valence-electron chi connectivity index (χ0n) is 18.1. The van der Waals surface area contributed by atoms with E-state index < -0.39 is 46.9 Å². The third kappa shape index (κ3) is 4.05. The summed E-state index contributed by atoms with van der Waals surface area (Å²) in [5.41, 5.74) is -4.22. The Kier molecular flexibility index (Phi) is 5.50. The van der Waals surface area contributed by atoms with Crippen LogP contribution in [0.3, 0.4) is 0 Å². The fourth-order valence-corrected chi connectivity index (χ4v) is 3.81. The van der Waals surface area contributed by atoms with E-state index in [0.717, 1.165) is 10.8 Å². The maximum absolute atomic E-state index is 13.8. The molecule has 4 aromatic rings. The van der Waals surface area contributed by atoms with Crippen molar-refractivity contribution in [1.82, 2.24) is 18.3 Å². The van der Waals surface area contributed by atoms with E-state index in [1.165, 1.54) is 41.4 Å². The number of hydrogen-bond donors (Lipinski definition) is 1. The van der Waals surface area contributed by atoms with Crippen LogP contribution in [0.15, 0.2) is 57.0 Å². The standard InChI is InChI=1S/C22H16F4N4O5/c1-27-16-4-3-14(8-17(16)28(2)20(27)34)29-10-15(19(32)33)18(31)30(21(29)35)9-11-5-12(22(24,25)26)7-13(23)6-11/h3-8,10H,9H2,1-2H3,(H,32,33). The lowest BCUT2D eigenvalue weighted by molar-refractivity contribution is -0.137. The molecule has 4 rings (SSSR count). The topological polar surface area (TPSA) is 108 Å². The SMILES string of the molecule is Cn1c(=O)n(C)c2cc(-n3cc(C(=O)O)c(=O)n(Cc4cc(F)cc(C(F)(F)F)c4)c3=O)ccc21. The molecule has 9 nitrogen and oxygen atoms in total. The molecule has 0 unspecified atom stereocenters. The van der Waals surface area contributed by atoms with Crippen LogP contribution in [0.1, 0.15) is 21.5 Å². The van der Waals surface area contributed by atoms with Gasteiger partial charge in [-0.2, -0.15) is 13.2 Å². The van der Waals surface area contributed by atoms with Crippen molar-refractivity contribution in [2.75, 3.05) is 0 Å².